The van der Waals surface area contributed by atoms with Crippen molar-refractivity contribution in [3.8, 4) is 5.75 Å². The first-order chi connectivity index (χ1) is 15.5. The minimum atomic E-state index is -1.01. The predicted molar refractivity (Wildman–Crippen MR) is 123 cm³/mol. The SMILES string of the molecule is COc1ccccc1NC(=O)CC1C(=O)Nc2ccccc2N1C(=O)c1ccc(C)cc1. The van der Waals surface area contributed by atoms with E-state index in [0.717, 1.165) is 5.56 Å². The maximum atomic E-state index is 13.5. The molecule has 7 nitrogen and oxygen atoms in total. The third kappa shape index (κ3) is 4.18. The van der Waals surface area contributed by atoms with E-state index in [1.165, 1.54) is 12.0 Å². The first-order valence-electron chi connectivity index (χ1n) is 10.2. The van der Waals surface area contributed by atoms with Crippen LogP contribution in [0.4, 0.5) is 17.1 Å². The molecule has 1 aliphatic heterocycles. The molecule has 3 aromatic rings. The monoisotopic (exact) mass is 429 g/mol. The van der Waals surface area contributed by atoms with E-state index in [-0.39, 0.29) is 12.3 Å². The third-order valence-electron chi connectivity index (χ3n) is 5.31. The fourth-order valence-corrected chi connectivity index (χ4v) is 3.69. The van der Waals surface area contributed by atoms with Crippen LogP contribution >= 0.6 is 0 Å². The third-order valence-corrected chi connectivity index (χ3v) is 5.31. The molecule has 0 spiro atoms. The standard InChI is InChI=1S/C25H23N3O4/c1-16-11-13-17(14-12-16)25(31)28-20-9-5-3-7-18(20)27-24(30)21(28)15-23(29)26-19-8-4-6-10-22(19)32-2/h3-14,21H,15H2,1-2H3,(H,26,29)(H,27,30). The Morgan fingerprint density at radius 2 is 1.69 bits per heavy atom. The predicted octanol–water partition coefficient (Wildman–Crippen LogP) is 4.00. The fraction of sp³-hybridized carbons (Fsp3) is 0.160. The molecule has 1 atom stereocenters. The van der Waals surface area contributed by atoms with Gasteiger partial charge in [-0.3, -0.25) is 19.3 Å². The van der Waals surface area contributed by atoms with Crippen LogP contribution in [0.2, 0.25) is 0 Å². The molecule has 32 heavy (non-hydrogen) atoms. The molecular formula is C25H23N3O4. The van der Waals surface area contributed by atoms with E-state index in [2.05, 4.69) is 10.6 Å². The molecule has 1 aliphatic rings. The lowest BCUT2D eigenvalue weighted by Crippen LogP contribution is -2.52. The van der Waals surface area contributed by atoms with Gasteiger partial charge in [-0.1, -0.05) is 42.0 Å². The summed E-state index contributed by atoms with van der Waals surface area (Å²) in [6.07, 6.45) is -0.212. The summed E-state index contributed by atoms with van der Waals surface area (Å²) in [6.45, 7) is 1.93. The number of nitrogens with one attached hydrogen (secondary N) is 2. The summed E-state index contributed by atoms with van der Waals surface area (Å²) >= 11 is 0. The topological polar surface area (TPSA) is 87.7 Å². The molecule has 0 saturated carbocycles. The molecule has 0 aromatic heterocycles. The van der Waals surface area contributed by atoms with E-state index >= 15 is 0 Å². The molecule has 1 unspecified atom stereocenters. The number of fused-ring (bicyclic) bond motifs is 1. The van der Waals surface area contributed by atoms with Gasteiger partial charge >= 0.3 is 0 Å². The Bertz CT molecular complexity index is 1170. The molecule has 0 aliphatic carbocycles. The summed E-state index contributed by atoms with van der Waals surface area (Å²) in [5.74, 6) is -0.663. The average Bonchev–Trinajstić information content (AvgIpc) is 2.80. The maximum absolute atomic E-state index is 13.5. The number of amides is 3. The Morgan fingerprint density at radius 1 is 1.00 bits per heavy atom. The minimum Gasteiger partial charge on any atom is -0.495 e. The van der Waals surface area contributed by atoms with E-state index in [1.807, 2.05) is 19.1 Å². The number of benzene rings is 3. The zero-order valence-electron chi connectivity index (χ0n) is 17.8. The molecule has 0 fully saturated rings. The van der Waals surface area contributed by atoms with Crippen LogP contribution < -0.4 is 20.3 Å². The Balaban J connectivity index is 1.65. The summed E-state index contributed by atoms with van der Waals surface area (Å²) in [6, 6.07) is 20.2. The molecule has 7 heteroatoms. The number of rotatable bonds is 5. The van der Waals surface area contributed by atoms with Gasteiger partial charge in [0, 0.05) is 5.56 Å². The fourth-order valence-electron chi connectivity index (χ4n) is 3.69. The van der Waals surface area contributed by atoms with Gasteiger partial charge in [-0.15, -0.1) is 0 Å². The lowest BCUT2D eigenvalue weighted by molar-refractivity contribution is -0.122. The first kappa shape index (κ1) is 21.1. The number of aryl methyl sites for hydroxylation is 1. The van der Waals surface area contributed by atoms with Crippen molar-refractivity contribution < 1.29 is 19.1 Å². The second-order valence-corrected chi connectivity index (χ2v) is 7.52. The molecule has 1 heterocycles. The molecule has 3 aromatic carbocycles. The van der Waals surface area contributed by atoms with Gasteiger partial charge in [0.1, 0.15) is 11.8 Å². The van der Waals surface area contributed by atoms with Gasteiger partial charge in [-0.25, -0.2) is 0 Å². The molecule has 0 bridgehead atoms. The van der Waals surface area contributed by atoms with Crippen LogP contribution in [-0.4, -0.2) is 30.9 Å². The number of carbonyl (C=O) groups is 3. The van der Waals surface area contributed by atoms with Gasteiger partial charge in [-0.2, -0.15) is 0 Å². The number of hydrogen-bond donors (Lipinski definition) is 2. The number of methoxy groups -OCH3 is 1. The smallest absolute Gasteiger partial charge is 0.259 e. The molecule has 0 radical (unpaired) electrons. The average molecular weight is 429 g/mol. The van der Waals surface area contributed by atoms with Crippen molar-refractivity contribution in [1.82, 2.24) is 0 Å². The van der Waals surface area contributed by atoms with Crippen molar-refractivity contribution in [2.75, 3.05) is 22.6 Å². The number of nitrogens with zero attached hydrogens (tertiary/aromatic N) is 1. The lowest BCUT2D eigenvalue weighted by Gasteiger charge is -2.36. The van der Waals surface area contributed by atoms with E-state index in [9.17, 15) is 14.4 Å². The van der Waals surface area contributed by atoms with E-state index in [1.54, 1.807) is 60.7 Å². The summed E-state index contributed by atoms with van der Waals surface area (Å²) < 4.78 is 5.27. The highest BCUT2D eigenvalue weighted by atomic mass is 16.5. The normalized spacial score (nSPS) is 14.9. The van der Waals surface area contributed by atoms with Gasteiger partial charge in [-0.05, 0) is 43.3 Å². The van der Waals surface area contributed by atoms with Crippen molar-refractivity contribution >= 4 is 34.8 Å². The second-order valence-electron chi connectivity index (χ2n) is 7.52. The van der Waals surface area contributed by atoms with Crippen molar-refractivity contribution in [1.29, 1.82) is 0 Å². The minimum absolute atomic E-state index is 0.212. The van der Waals surface area contributed by atoms with E-state index < -0.39 is 17.9 Å². The molecular weight excluding hydrogens is 406 g/mol. The largest absolute Gasteiger partial charge is 0.495 e. The number of anilines is 3. The van der Waals surface area contributed by atoms with Gasteiger partial charge in [0.25, 0.3) is 5.91 Å². The van der Waals surface area contributed by atoms with Gasteiger partial charge < -0.3 is 15.4 Å². The van der Waals surface area contributed by atoms with Gasteiger partial charge in [0.15, 0.2) is 0 Å². The van der Waals surface area contributed by atoms with Crippen molar-refractivity contribution in [3.63, 3.8) is 0 Å². The summed E-state index contributed by atoms with van der Waals surface area (Å²) in [4.78, 5) is 40.7. The van der Waals surface area contributed by atoms with E-state index in [4.69, 9.17) is 4.74 Å². The first-order valence-corrected chi connectivity index (χ1v) is 10.2. The highest BCUT2D eigenvalue weighted by Gasteiger charge is 2.38. The molecule has 162 valence electrons. The van der Waals surface area contributed by atoms with Gasteiger partial charge in [0.2, 0.25) is 11.8 Å². The number of hydrogen-bond acceptors (Lipinski definition) is 4. The Labute approximate surface area is 186 Å². The lowest BCUT2D eigenvalue weighted by atomic mass is 10.0. The number of ether oxygens (including phenoxy) is 1. The van der Waals surface area contributed by atoms with E-state index in [0.29, 0.717) is 28.4 Å². The highest BCUT2D eigenvalue weighted by Crippen LogP contribution is 2.34. The Kier molecular flexibility index (Phi) is 5.89. The second kappa shape index (κ2) is 8.93. The maximum Gasteiger partial charge on any atom is 0.259 e. The van der Waals surface area contributed by atoms with Crippen molar-refractivity contribution in [3.05, 3.63) is 83.9 Å². The van der Waals surface area contributed by atoms with Crippen LogP contribution in [0.5, 0.6) is 5.75 Å². The zero-order valence-corrected chi connectivity index (χ0v) is 17.8. The van der Waals surface area contributed by atoms with Crippen LogP contribution in [0.15, 0.2) is 72.8 Å². The molecule has 0 saturated heterocycles. The van der Waals surface area contributed by atoms with Crippen LogP contribution in [0.25, 0.3) is 0 Å². The number of para-hydroxylation sites is 4. The number of carbonyl (C=O) groups excluding carboxylic acids is 3. The summed E-state index contributed by atoms with van der Waals surface area (Å²) in [5.41, 5.74) is 3.03. The molecule has 2 N–H and O–H groups in total. The summed E-state index contributed by atoms with van der Waals surface area (Å²) in [5, 5.41) is 5.59. The van der Waals surface area contributed by atoms with Crippen molar-refractivity contribution in [2.24, 2.45) is 0 Å². The van der Waals surface area contributed by atoms with Crippen LogP contribution in [0.3, 0.4) is 0 Å². The Hall–Kier alpha value is -4.13. The van der Waals surface area contributed by atoms with Crippen LogP contribution in [0.1, 0.15) is 22.3 Å². The van der Waals surface area contributed by atoms with Gasteiger partial charge in [0.05, 0.1) is 30.6 Å². The Morgan fingerprint density at radius 3 is 2.44 bits per heavy atom. The highest BCUT2D eigenvalue weighted by molar-refractivity contribution is 6.17. The summed E-state index contributed by atoms with van der Waals surface area (Å²) in [7, 11) is 1.51. The molecule has 3 amide bonds. The van der Waals surface area contributed by atoms with Crippen molar-refractivity contribution in [2.45, 2.75) is 19.4 Å². The molecule has 4 rings (SSSR count). The van der Waals surface area contributed by atoms with Crippen LogP contribution in [0, 0.1) is 6.92 Å². The van der Waals surface area contributed by atoms with Crippen LogP contribution in [-0.2, 0) is 9.59 Å². The quantitative estimate of drug-likeness (QED) is 0.642. The zero-order chi connectivity index (χ0) is 22.7.